The fourth-order valence-corrected chi connectivity index (χ4v) is 2.56. The summed E-state index contributed by atoms with van der Waals surface area (Å²) >= 11 is 0. The summed E-state index contributed by atoms with van der Waals surface area (Å²) in [5, 5.41) is 13.7. The largest absolute Gasteiger partial charge is 0.497 e. The number of sulfonamides is 1. The molecule has 1 rings (SSSR count). The van der Waals surface area contributed by atoms with Gasteiger partial charge in [0.2, 0.25) is 10.0 Å². The molecule has 0 amide bonds. The number of hydrogen-bond acceptors (Lipinski definition) is 6. The van der Waals surface area contributed by atoms with Gasteiger partial charge in [0.1, 0.15) is 5.75 Å². The molecule has 0 fully saturated rings. The van der Waals surface area contributed by atoms with Crippen LogP contribution in [-0.2, 0) is 10.0 Å². The third-order valence-electron chi connectivity index (χ3n) is 2.32. The van der Waals surface area contributed by atoms with Gasteiger partial charge in [-0.3, -0.25) is 10.1 Å². The Morgan fingerprint density at radius 3 is 2.58 bits per heavy atom. The first-order valence-corrected chi connectivity index (χ1v) is 6.87. The van der Waals surface area contributed by atoms with Crippen LogP contribution in [-0.4, -0.2) is 40.6 Å². The number of nitrogens with zero attached hydrogens (tertiary/aromatic N) is 1. The number of rotatable bonds is 7. The molecule has 1 aromatic carbocycles. The Labute approximate surface area is 111 Å². The lowest BCUT2D eigenvalue weighted by molar-refractivity contribution is -0.387. The molecule has 0 aliphatic carbocycles. The van der Waals surface area contributed by atoms with Crippen molar-refractivity contribution in [2.45, 2.75) is 4.90 Å². The fourth-order valence-electron chi connectivity index (χ4n) is 1.38. The molecule has 0 unspecified atom stereocenters. The molecule has 0 saturated carbocycles. The topological polar surface area (TPSA) is 111 Å². The third kappa shape index (κ3) is 3.88. The van der Waals surface area contributed by atoms with Crippen LogP contribution < -0.4 is 14.8 Å². The van der Waals surface area contributed by atoms with Crippen molar-refractivity contribution in [3.63, 3.8) is 0 Å². The molecule has 0 saturated heterocycles. The quantitative estimate of drug-likeness (QED) is 0.418. The van der Waals surface area contributed by atoms with Gasteiger partial charge >= 0.3 is 0 Å². The average Bonchev–Trinajstić information content (AvgIpc) is 2.38. The minimum absolute atomic E-state index is 0.141. The van der Waals surface area contributed by atoms with E-state index in [1.54, 1.807) is 7.05 Å². The predicted molar refractivity (Wildman–Crippen MR) is 68.8 cm³/mol. The SMILES string of the molecule is CNCCNS(=O)(=O)c1ccc(OC)cc1[N+](=O)[O-]. The molecule has 0 atom stereocenters. The summed E-state index contributed by atoms with van der Waals surface area (Å²) in [6.45, 7) is 0.561. The number of nitro benzene ring substituents is 1. The van der Waals surface area contributed by atoms with Crippen LogP contribution >= 0.6 is 0 Å². The Bertz CT molecular complexity index is 558. The molecule has 0 radical (unpaired) electrons. The van der Waals surface area contributed by atoms with Crippen LogP contribution in [0.5, 0.6) is 5.75 Å². The second-order valence-electron chi connectivity index (χ2n) is 3.59. The summed E-state index contributed by atoms with van der Waals surface area (Å²) in [6.07, 6.45) is 0. The third-order valence-corrected chi connectivity index (χ3v) is 3.83. The van der Waals surface area contributed by atoms with E-state index in [0.29, 0.717) is 6.54 Å². The molecular formula is C10H15N3O5S. The number of ether oxygens (including phenoxy) is 1. The number of methoxy groups -OCH3 is 1. The summed E-state index contributed by atoms with van der Waals surface area (Å²) in [5.41, 5.74) is -0.517. The first kappa shape index (κ1) is 15.3. The molecule has 0 spiro atoms. The van der Waals surface area contributed by atoms with E-state index >= 15 is 0 Å². The van der Waals surface area contributed by atoms with Crippen molar-refractivity contribution in [1.29, 1.82) is 0 Å². The van der Waals surface area contributed by atoms with Crippen LogP contribution in [0.4, 0.5) is 5.69 Å². The summed E-state index contributed by atoms with van der Waals surface area (Å²) in [6, 6.07) is 3.59. The van der Waals surface area contributed by atoms with Crippen LogP contribution in [0.2, 0.25) is 0 Å². The van der Waals surface area contributed by atoms with Gasteiger partial charge in [0.15, 0.2) is 4.90 Å². The summed E-state index contributed by atoms with van der Waals surface area (Å²) in [4.78, 5) is 9.78. The van der Waals surface area contributed by atoms with Gasteiger partial charge in [-0.25, -0.2) is 13.1 Å². The minimum Gasteiger partial charge on any atom is -0.497 e. The molecule has 8 nitrogen and oxygen atoms in total. The minimum atomic E-state index is -3.92. The standard InChI is InChI=1S/C10H15N3O5S/c1-11-5-6-12-19(16,17)10-4-3-8(18-2)7-9(10)13(14)15/h3-4,7,11-12H,5-6H2,1-2H3. The van der Waals surface area contributed by atoms with Gasteiger partial charge in [0, 0.05) is 13.1 Å². The molecule has 106 valence electrons. The van der Waals surface area contributed by atoms with Crippen molar-refractivity contribution in [2.75, 3.05) is 27.2 Å². The summed E-state index contributed by atoms with van der Waals surface area (Å²) < 4.78 is 31.0. The molecule has 9 heteroatoms. The lowest BCUT2D eigenvalue weighted by Crippen LogP contribution is -2.30. The van der Waals surface area contributed by atoms with Crippen LogP contribution in [0, 0.1) is 10.1 Å². The Hall–Kier alpha value is -1.71. The Balaban J connectivity index is 3.15. The van der Waals surface area contributed by atoms with Crippen molar-refractivity contribution in [3.05, 3.63) is 28.3 Å². The zero-order valence-electron chi connectivity index (χ0n) is 10.5. The number of benzene rings is 1. The summed E-state index contributed by atoms with van der Waals surface area (Å²) in [7, 11) is -0.904. The fraction of sp³-hybridized carbons (Fsp3) is 0.400. The normalized spacial score (nSPS) is 11.3. The average molecular weight is 289 g/mol. The highest BCUT2D eigenvalue weighted by Gasteiger charge is 2.25. The lowest BCUT2D eigenvalue weighted by Gasteiger charge is -2.08. The monoisotopic (exact) mass is 289 g/mol. The Morgan fingerprint density at radius 1 is 1.37 bits per heavy atom. The van der Waals surface area contributed by atoms with Crippen LogP contribution in [0.1, 0.15) is 0 Å². The van der Waals surface area contributed by atoms with Gasteiger partial charge in [0.25, 0.3) is 5.69 Å². The molecule has 2 N–H and O–H groups in total. The van der Waals surface area contributed by atoms with E-state index in [9.17, 15) is 18.5 Å². The maximum absolute atomic E-state index is 11.9. The number of nitro groups is 1. The number of hydrogen-bond donors (Lipinski definition) is 2. The first-order valence-electron chi connectivity index (χ1n) is 5.39. The maximum Gasteiger partial charge on any atom is 0.293 e. The molecule has 0 aliphatic rings. The highest BCUT2D eigenvalue weighted by molar-refractivity contribution is 7.89. The van der Waals surface area contributed by atoms with Crippen LogP contribution in [0.15, 0.2) is 23.1 Å². The van der Waals surface area contributed by atoms with Gasteiger partial charge < -0.3 is 10.1 Å². The maximum atomic E-state index is 11.9. The van der Waals surface area contributed by atoms with Crippen molar-refractivity contribution >= 4 is 15.7 Å². The Kier molecular flexibility index (Phi) is 5.21. The molecule has 0 heterocycles. The van der Waals surface area contributed by atoms with Crippen molar-refractivity contribution in [3.8, 4) is 5.75 Å². The molecular weight excluding hydrogens is 274 g/mol. The van der Waals surface area contributed by atoms with E-state index in [1.165, 1.54) is 13.2 Å². The van der Waals surface area contributed by atoms with Crippen molar-refractivity contribution in [2.24, 2.45) is 0 Å². The van der Waals surface area contributed by atoms with Gasteiger partial charge in [-0.05, 0) is 19.2 Å². The van der Waals surface area contributed by atoms with Gasteiger partial charge in [-0.2, -0.15) is 0 Å². The highest BCUT2D eigenvalue weighted by Crippen LogP contribution is 2.27. The van der Waals surface area contributed by atoms with Gasteiger partial charge in [-0.1, -0.05) is 0 Å². The zero-order valence-corrected chi connectivity index (χ0v) is 11.4. The van der Waals surface area contributed by atoms with Gasteiger partial charge in [-0.15, -0.1) is 0 Å². The smallest absolute Gasteiger partial charge is 0.293 e. The molecule has 1 aromatic rings. The van der Waals surface area contributed by atoms with E-state index < -0.39 is 20.6 Å². The number of likely N-dealkylation sites (N-methyl/N-ethyl adjacent to an activating group) is 1. The first-order chi connectivity index (χ1) is 8.92. The van der Waals surface area contributed by atoms with Crippen LogP contribution in [0.25, 0.3) is 0 Å². The number of nitrogens with one attached hydrogen (secondary N) is 2. The molecule has 19 heavy (non-hydrogen) atoms. The molecule has 0 bridgehead atoms. The van der Waals surface area contributed by atoms with Crippen molar-refractivity contribution < 1.29 is 18.1 Å². The molecule has 0 aromatic heterocycles. The van der Waals surface area contributed by atoms with E-state index in [0.717, 1.165) is 12.1 Å². The summed E-state index contributed by atoms with van der Waals surface area (Å²) in [5.74, 6) is 0.223. The second-order valence-corrected chi connectivity index (χ2v) is 5.33. The predicted octanol–water partition coefficient (Wildman–Crippen LogP) is 0.101. The van der Waals surface area contributed by atoms with E-state index in [-0.39, 0.29) is 17.2 Å². The highest BCUT2D eigenvalue weighted by atomic mass is 32.2. The van der Waals surface area contributed by atoms with E-state index in [2.05, 4.69) is 10.0 Å². The van der Waals surface area contributed by atoms with Crippen LogP contribution in [0.3, 0.4) is 0 Å². The molecule has 0 aliphatic heterocycles. The zero-order chi connectivity index (χ0) is 14.5. The lowest BCUT2D eigenvalue weighted by atomic mass is 10.3. The van der Waals surface area contributed by atoms with Crippen molar-refractivity contribution in [1.82, 2.24) is 10.0 Å². The second kappa shape index (κ2) is 6.45. The Morgan fingerprint density at radius 2 is 2.05 bits per heavy atom. The van der Waals surface area contributed by atoms with E-state index in [1.807, 2.05) is 0 Å². The van der Waals surface area contributed by atoms with E-state index in [4.69, 9.17) is 4.74 Å². The van der Waals surface area contributed by atoms with Gasteiger partial charge in [0.05, 0.1) is 18.1 Å².